The van der Waals surface area contributed by atoms with Crippen molar-refractivity contribution in [2.75, 3.05) is 13.6 Å². The van der Waals surface area contributed by atoms with E-state index in [2.05, 4.69) is 30.9 Å². The van der Waals surface area contributed by atoms with Crippen LogP contribution in [0.3, 0.4) is 0 Å². The summed E-state index contributed by atoms with van der Waals surface area (Å²) >= 11 is 0. The van der Waals surface area contributed by atoms with E-state index >= 15 is 0 Å². The topological polar surface area (TPSA) is 6.02 Å². The maximum atomic E-state index is 2.47. The molecule has 1 heterocycles. The zero-order chi connectivity index (χ0) is 8.27. The van der Waals surface area contributed by atoms with Gasteiger partial charge in [-0.1, -0.05) is 26.7 Å². The van der Waals surface area contributed by atoms with Crippen molar-refractivity contribution in [2.45, 2.75) is 45.7 Å². The normalized spacial score (nSPS) is 35.7. The van der Waals surface area contributed by atoms with Crippen LogP contribution in [0, 0.1) is 0 Å². The molecule has 3 atom stereocenters. The molecule has 0 aromatic heterocycles. The molecule has 0 aliphatic carbocycles. The van der Waals surface area contributed by atoms with Gasteiger partial charge in [-0.2, -0.15) is 0 Å². The van der Waals surface area contributed by atoms with E-state index in [1.54, 1.807) is 0 Å². The van der Waals surface area contributed by atoms with Crippen molar-refractivity contribution in [1.82, 2.24) is 10.0 Å². The molecule has 0 aromatic rings. The summed E-state index contributed by atoms with van der Waals surface area (Å²) in [6, 6.07) is 0. The van der Waals surface area contributed by atoms with Crippen LogP contribution in [0.25, 0.3) is 0 Å². The Morgan fingerprint density at radius 1 is 1.18 bits per heavy atom. The van der Waals surface area contributed by atoms with Crippen LogP contribution in [-0.4, -0.2) is 29.8 Å². The molecule has 0 aromatic carbocycles. The fraction of sp³-hybridized carbons (Fsp3) is 1.00. The van der Waals surface area contributed by atoms with Crippen molar-refractivity contribution < 1.29 is 0 Å². The van der Waals surface area contributed by atoms with Gasteiger partial charge in [0.1, 0.15) is 0 Å². The summed E-state index contributed by atoms with van der Waals surface area (Å²) in [5.41, 5.74) is 0. The molecule has 0 radical (unpaired) electrons. The van der Waals surface area contributed by atoms with Crippen LogP contribution in [0.1, 0.15) is 39.5 Å². The lowest BCUT2D eigenvalue weighted by atomic mass is 10.3. The molecule has 0 saturated carbocycles. The Morgan fingerprint density at radius 2 is 1.91 bits per heavy atom. The summed E-state index contributed by atoms with van der Waals surface area (Å²) in [6.07, 6.45) is 6.05. The quantitative estimate of drug-likeness (QED) is 0.562. The van der Waals surface area contributed by atoms with Crippen LogP contribution in [0.4, 0.5) is 0 Å². The first-order valence-electron chi connectivity index (χ1n) is 4.80. The van der Waals surface area contributed by atoms with Crippen LogP contribution in [0.15, 0.2) is 0 Å². The first kappa shape index (κ1) is 9.01. The molecule has 1 aliphatic rings. The van der Waals surface area contributed by atoms with Crippen molar-refractivity contribution in [3.63, 3.8) is 0 Å². The van der Waals surface area contributed by atoms with E-state index in [1.807, 2.05) is 0 Å². The van der Waals surface area contributed by atoms with Gasteiger partial charge in [0.05, 0.1) is 6.17 Å². The van der Waals surface area contributed by atoms with Gasteiger partial charge in [-0.3, -0.25) is 0 Å². The SMILES string of the molecule is CCCCN1C(CCC)N1C. The predicted octanol–water partition coefficient (Wildman–Crippen LogP) is 2.08. The van der Waals surface area contributed by atoms with Crippen LogP contribution < -0.4 is 0 Å². The number of nitrogens with zero attached hydrogens (tertiary/aromatic N) is 2. The van der Waals surface area contributed by atoms with Crippen LogP contribution in [-0.2, 0) is 0 Å². The van der Waals surface area contributed by atoms with Gasteiger partial charge in [0, 0.05) is 13.6 Å². The molecule has 0 amide bonds. The Bertz CT molecular complexity index is 114. The fourth-order valence-electron chi connectivity index (χ4n) is 1.58. The van der Waals surface area contributed by atoms with E-state index in [9.17, 15) is 0 Å². The van der Waals surface area contributed by atoms with Gasteiger partial charge in [-0.05, 0) is 12.8 Å². The Balaban J connectivity index is 2.09. The first-order chi connectivity index (χ1) is 5.31. The molecular formula is C9H20N2. The minimum Gasteiger partial charge on any atom is -0.225 e. The highest BCUT2D eigenvalue weighted by atomic mass is 15.8. The molecule has 1 saturated heterocycles. The second-order valence-corrected chi connectivity index (χ2v) is 3.36. The van der Waals surface area contributed by atoms with Gasteiger partial charge in [0.25, 0.3) is 0 Å². The molecule has 11 heavy (non-hydrogen) atoms. The lowest BCUT2D eigenvalue weighted by Gasteiger charge is -1.97. The van der Waals surface area contributed by atoms with Crippen LogP contribution >= 0.6 is 0 Å². The van der Waals surface area contributed by atoms with Gasteiger partial charge >= 0.3 is 0 Å². The number of unbranched alkanes of at least 4 members (excludes halogenated alkanes) is 1. The lowest BCUT2D eigenvalue weighted by molar-refractivity contribution is 0.344. The molecule has 0 spiro atoms. The van der Waals surface area contributed by atoms with Crippen molar-refractivity contribution >= 4 is 0 Å². The molecule has 66 valence electrons. The van der Waals surface area contributed by atoms with E-state index in [1.165, 1.54) is 32.2 Å². The number of rotatable bonds is 5. The average molecular weight is 156 g/mol. The molecule has 2 heteroatoms. The summed E-state index contributed by atoms with van der Waals surface area (Å²) < 4.78 is 0. The zero-order valence-corrected chi connectivity index (χ0v) is 8.01. The standard InChI is InChI=1S/C9H20N2/c1-4-6-8-11-9(7-5-2)10(11)3/h9H,4-8H2,1-3H3. The summed E-state index contributed by atoms with van der Waals surface area (Å²) in [6.45, 7) is 5.76. The third kappa shape index (κ3) is 2.17. The largest absolute Gasteiger partial charge is 0.225 e. The van der Waals surface area contributed by atoms with Crippen molar-refractivity contribution in [1.29, 1.82) is 0 Å². The average Bonchev–Trinajstić information content (AvgIpc) is 2.59. The number of hydrazine groups is 1. The minimum atomic E-state index is 0.770. The summed E-state index contributed by atoms with van der Waals surface area (Å²) in [7, 11) is 2.19. The van der Waals surface area contributed by atoms with Crippen LogP contribution in [0.2, 0.25) is 0 Å². The third-order valence-corrected chi connectivity index (χ3v) is 2.41. The Morgan fingerprint density at radius 3 is 2.45 bits per heavy atom. The van der Waals surface area contributed by atoms with Gasteiger partial charge in [-0.15, -0.1) is 0 Å². The maximum Gasteiger partial charge on any atom is 0.0891 e. The Labute approximate surface area is 70.1 Å². The summed E-state index contributed by atoms with van der Waals surface area (Å²) in [4.78, 5) is 0. The van der Waals surface area contributed by atoms with E-state index in [4.69, 9.17) is 0 Å². The molecule has 1 rings (SSSR count). The predicted molar refractivity (Wildman–Crippen MR) is 48.1 cm³/mol. The first-order valence-corrected chi connectivity index (χ1v) is 4.80. The Hall–Kier alpha value is -0.0800. The number of hydrogen-bond acceptors (Lipinski definition) is 2. The van der Waals surface area contributed by atoms with Crippen LogP contribution in [0.5, 0.6) is 0 Å². The molecule has 0 N–H and O–H groups in total. The van der Waals surface area contributed by atoms with Crippen molar-refractivity contribution in [3.05, 3.63) is 0 Å². The molecular weight excluding hydrogens is 136 g/mol. The van der Waals surface area contributed by atoms with E-state index < -0.39 is 0 Å². The van der Waals surface area contributed by atoms with Gasteiger partial charge in [0.15, 0.2) is 0 Å². The van der Waals surface area contributed by atoms with E-state index in [-0.39, 0.29) is 0 Å². The maximum absolute atomic E-state index is 2.47. The van der Waals surface area contributed by atoms with Gasteiger partial charge < -0.3 is 0 Å². The monoisotopic (exact) mass is 156 g/mol. The highest BCUT2D eigenvalue weighted by molar-refractivity contribution is 4.79. The smallest absolute Gasteiger partial charge is 0.0891 e. The summed E-state index contributed by atoms with van der Waals surface area (Å²) in [5, 5.41) is 4.83. The summed E-state index contributed by atoms with van der Waals surface area (Å²) in [5.74, 6) is 0. The highest BCUT2D eigenvalue weighted by Gasteiger charge is 2.39. The molecule has 1 fully saturated rings. The molecule has 0 bridgehead atoms. The van der Waals surface area contributed by atoms with Crippen molar-refractivity contribution in [2.24, 2.45) is 0 Å². The molecule has 2 nitrogen and oxygen atoms in total. The Kier molecular flexibility index (Phi) is 3.34. The van der Waals surface area contributed by atoms with Crippen molar-refractivity contribution in [3.8, 4) is 0 Å². The van der Waals surface area contributed by atoms with Gasteiger partial charge in [0.2, 0.25) is 0 Å². The van der Waals surface area contributed by atoms with E-state index in [0.717, 1.165) is 6.17 Å². The fourth-order valence-corrected chi connectivity index (χ4v) is 1.58. The second-order valence-electron chi connectivity index (χ2n) is 3.36. The molecule has 3 unspecified atom stereocenters. The zero-order valence-electron chi connectivity index (χ0n) is 8.01. The molecule has 1 aliphatic heterocycles. The van der Waals surface area contributed by atoms with Gasteiger partial charge in [-0.25, -0.2) is 10.0 Å². The lowest BCUT2D eigenvalue weighted by Crippen LogP contribution is -2.04. The minimum absolute atomic E-state index is 0.770. The third-order valence-electron chi connectivity index (χ3n) is 2.41. The highest BCUT2D eigenvalue weighted by Crippen LogP contribution is 2.27. The van der Waals surface area contributed by atoms with E-state index in [0.29, 0.717) is 0 Å². The number of hydrogen-bond donors (Lipinski definition) is 0. The second kappa shape index (κ2) is 4.07.